The maximum absolute atomic E-state index is 14.2. The van der Waals surface area contributed by atoms with Crippen LogP contribution in [0.1, 0.15) is 36.8 Å². The van der Waals surface area contributed by atoms with Gasteiger partial charge in [0.15, 0.2) is 6.23 Å². The molecule has 4 rings (SSSR count). The molecule has 200 valence electrons. The monoisotopic (exact) mass is 523 g/mol. The highest BCUT2D eigenvalue weighted by atomic mass is 19.1. The zero-order valence-corrected chi connectivity index (χ0v) is 21.2. The molecule has 3 aromatic carbocycles. The fraction of sp³-hybridized carbons (Fsp3) is 0.310. The van der Waals surface area contributed by atoms with E-state index in [4.69, 9.17) is 9.84 Å². The van der Waals surface area contributed by atoms with Crippen LogP contribution in [0, 0.1) is 11.6 Å². The van der Waals surface area contributed by atoms with Gasteiger partial charge in [0.1, 0.15) is 11.6 Å². The van der Waals surface area contributed by atoms with Crippen LogP contribution in [0.2, 0.25) is 0 Å². The lowest BCUT2D eigenvalue weighted by atomic mass is 9.99. The van der Waals surface area contributed by atoms with Crippen molar-refractivity contribution in [1.29, 1.82) is 0 Å². The van der Waals surface area contributed by atoms with E-state index in [1.165, 1.54) is 0 Å². The van der Waals surface area contributed by atoms with Crippen LogP contribution < -0.4 is 10.6 Å². The fourth-order valence-electron chi connectivity index (χ4n) is 4.45. The van der Waals surface area contributed by atoms with Gasteiger partial charge in [-0.25, -0.2) is 13.6 Å². The summed E-state index contributed by atoms with van der Waals surface area (Å²) < 4.78 is 33.7. The molecule has 1 saturated heterocycles. The minimum atomic E-state index is -0.829. The first-order valence-electron chi connectivity index (χ1n) is 12.6. The number of piperidine rings is 1. The standard InChI is InChI=1S/C29H31F2N3O4/c1-34-14-6-5-9-28(34)38-29(37)33-25-15-19(10-12-22(25)20-7-3-2-4-8-20)11-13-27(36)32-26-17-23(30)21(18-35)16-24(26)31/h2-4,7-8,10,12,15-17,28,35H,5-6,9,11,13-14,18H2,1H3,(H,32,36)(H,33,37). The van der Waals surface area contributed by atoms with Crippen molar-refractivity contribution in [2.45, 2.75) is 44.9 Å². The molecule has 9 heteroatoms. The van der Waals surface area contributed by atoms with Crippen LogP contribution in [0.25, 0.3) is 11.1 Å². The van der Waals surface area contributed by atoms with E-state index in [0.29, 0.717) is 12.1 Å². The average Bonchev–Trinajstić information content (AvgIpc) is 2.91. The highest BCUT2D eigenvalue weighted by molar-refractivity contribution is 5.92. The Morgan fingerprint density at radius 3 is 2.53 bits per heavy atom. The number of anilines is 2. The number of aliphatic hydroxyl groups is 1. The lowest BCUT2D eigenvalue weighted by molar-refractivity contribution is -0.116. The number of carbonyl (C=O) groups is 2. The van der Waals surface area contributed by atoms with Crippen molar-refractivity contribution in [3.8, 4) is 11.1 Å². The molecule has 3 aromatic rings. The van der Waals surface area contributed by atoms with Crippen molar-refractivity contribution in [3.05, 3.63) is 83.4 Å². The Kier molecular flexibility index (Phi) is 9.04. The Balaban J connectivity index is 1.46. The zero-order chi connectivity index (χ0) is 27.1. The molecule has 1 heterocycles. The predicted octanol–water partition coefficient (Wildman–Crippen LogP) is 5.69. The molecule has 1 fully saturated rings. The molecule has 0 bridgehead atoms. The summed E-state index contributed by atoms with van der Waals surface area (Å²) in [7, 11) is 1.93. The SMILES string of the molecule is CN1CCCCC1OC(=O)Nc1cc(CCC(=O)Nc2cc(F)c(CO)cc2F)ccc1-c1ccccc1. The van der Waals surface area contributed by atoms with Gasteiger partial charge in [0.2, 0.25) is 5.91 Å². The summed E-state index contributed by atoms with van der Waals surface area (Å²) in [5.74, 6) is -2.13. The van der Waals surface area contributed by atoms with Crippen molar-refractivity contribution in [3.63, 3.8) is 0 Å². The quantitative estimate of drug-likeness (QED) is 0.353. The Labute approximate surface area is 220 Å². The zero-order valence-electron chi connectivity index (χ0n) is 21.2. The molecule has 1 aliphatic heterocycles. The van der Waals surface area contributed by atoms with Crippen molar-refractivity contribution in [2.24, 2.45) is 0 Å². The van der Waals surface area contributed by atoms with Crippen LogP contribution in [-0.2, 0) is 22.6 Å². The minimum absolute atomic E-state index is 0.00422. The van der Waals surface area contributed by atoms with E-state index in [-0.39, 0.29) is 23.9 Å². The predicted molar refractivity (Wildman–Crippen MR) is 141 cm³/mol. The molecule has 38 heavy (non-hydrogen) atoms. The van der Waals surface area contributed by atoms with Crippen molar-refractivity contribution < 1.29 is 28.2 Å². The van der Waals surface area contributed by atoms with Gasteiger partial charge in [0.05, 0.1) is 18.0 Å². The molecule has 1 aliphatic rings. The largest absolute Gasteiger partial charge is 0.430 e. The van der Waals surface area contributed by atoms with E-state index in [2.05, 4.69) is 10.6 Å². The summed E-state index contributed by atoms with van der Waals surface area (Å²) in [6, 6.07) is 16.8. The first-order valence-corrected chi connectivity index (χ1v) is 12.6. The third-order valence-electron chi connectivity index (χ3n) is 6.57. The normalized spacial score (nSPS) is 15.6. The number of nitrogens with zero attached hydrogens (tertiary/aromatic N) is 1. The van der Waals surface area contributed by atoms with E-state index >= 15 is 0 Å². The van der Waals surface area contributed by atoms with Gasteiger partial charge in [0.25, 0.3) is 0 Å². The van der Waals surface area contributed by atoms with Crippen molar-refractivity contribution in [1.82, 2.24) is 4.90 Å². The maximum Gasteiger partial charge on any atom is 0.413 e. The van der Waals surface area contributed by atoms with Gasteiger partial charge >= 0.3 is 6.09 Å². The second kappa shape index (κ2) is 12.6. The summed E-state index contributed by atoms with van der Waals surface area (Å²) in [5.41, 5.74) is 2.55. The molecular formula is C29H31F2N3O4. The van der Waals surface area contributed by atoms with E-state index in [0.717, 1.165) is 54.6 Å². The number of likely N-dealkylation sites (tertiary alicyclic amines) is 1. The van der Waals surface area contributed by atoms with Gasteiger partial charge in [-0.1, -0.05) is 42.5 Å². The van der Waals surface area contributed by atoms with Crippen LogP contribution in [0.5, 0.6) is 0 Å². The third kappa shape index (κ3) is 6.93. The summed E-state index contributed by atoms with van der Waals surface area (Å²) in [4.78, 5) is 27.3. The van der Waals surface area contributed by atoms with E-state index in [1.54, 1.807) is 6.07 Å². The molecule has 0 spiro atoms. The van der Waals surface area contributed by atoms with Crippen LogP contribution >= 0.6 is 0 Å². The number of halogens is 2. The highest BCUT2D eigenvalue weighted by Gasteiger charge is 2.23. The van der Waals surface area contributed by atoms with E-state index in [9.17, 15) is 18.4 Å². The van der Waals surface area contributed by atoms with Gasteiger partial charge in [-0.15, -0.1) is 0 Å². The number of ether oxygens (including phenoxy) is 1. The number of rotatable bonds is 8. The van der Waals surface area contributed by atoms with Crippen molar-refractivity contribution >= 4 is 23.4 Å². The maximum atomic E-state index is 14.2. The Morgan fingerprint density at radius 2 is 1.79 bits per heavy atom. The van der Waals surface area contributed by atoms with Crippen LogP contribution in [0.4, 0.5) is 25.0 Å². The molecule has 0 radical (unpaired) electrons. The Bertz CT molecular complexity index is 1290. The van der Waals surface area contributed by atoms with Crippen LogP contribution in [-0.4, -0.2) is 41.8 Å². The second-order valence-corrected chi connectivity index (χ2v) is 9.34. The number of nitrogens with one attached hydrogen (secondary N) is 2. The fourth-order valence-corrected chi connectivity index (χ4v) is 4.45. The number of hydrogen-bond acceptors (Lipinski definition) is 5. The van der Waals surface area contributed by atoms with Crippen molar-refractivity contribution in [2.75, 3.05) is 24.2 Å². The molecule has 1 unspecified atom stereocenters. The van der Waals surface area contributed by atoms with Gasteiger partial charge in [0, 0.05) is 30.2 Å². The lowest BCUT2D eigenvalue weighted by Crippen LogP contribution is -2.40. The topological polar surface area (TPSA) is 90.9 Å². The van der Waals surface area contributed by atoms with E-state index < -0.39 is 30.2 Å². The number of amides is 2. The molecule has 2 amide bonds. The van der Waals surface area contributed by atoms with Gasteiger partial charge in [-0.05, 0) is 56.0 Å². The summed E-state index contributed by atoms with van der Waals surface area (Å²) in [6.07, 6.45) is 2.31. The van der Waals surface area contributed by atoms with Gasteiger partial charge in [-0.2, -0.15) is 0 Å². The number of aliphatic hydroxyl groups excluding tert-OH is 1. The Hall–Kier alpha value is -3.82. The number of hydrogen-bond donors (Lipinski definition) is 3. The smallest absolute Gasteiger partial charge is 0.413 e. The summed E-state index contributed by atoms with van der Waals surface area (Å²) in [6.45, 7) is 0.226. The number of carbonyl (C=O) groups excluding carboxylic acids is 2. The molecule has 7 nitrogen and oxygen atoms in total. The number of aryl methyl sites for hydroxylation is 1. The highest BCUT2D eigenvalue weighted by Crippen LogP contribution is 2.30. The molecule has 0 saturated carbocycles. The lowest BCUT2D eigenvalue weighted by Gasteiger charge is -2.31. The third-order valence-corrected chi connectivity index (χ3v) is 6.57. The second-order valence-electron chi connectivity index (χ2n) is 9.34. The summed E-state index contributed by atoms with van der Waals surface area (Å²) >= 11 is 0. The van der Waals surface area contributed by atoms with E-state index in [1.807, 2.05) is 54.4 Å². The molecule has 0 aliphatic carbocycles. The van der Waals surface area contributed by atoms with Gasteiger partial charge < -0.3 is 15.2 Å². The summed E-state index contributed by atoms with van der Waals surface area (Å²) in [5, 5.41) is 14.3. The van der Waals surface area contributed by atoms with Crippen LogP contribution in [0.3, 0.4) is 0 Å². The first-order chi connectivity index (χ1) is 18.3. The molecule has 3 N–H and O–H groups in total. The Morgan fingerprint density at radius 1 is 1.00 bits per heavy atom. The van der Waals surface area contributed by atoms with Gasteiger partial charge in [-0.3, -0.25) is 15.0 Å². The first kappa shape index (κ1) is 27.2. The number of benzene rings is 3. The minimum Gasteiger partial charge on any atom is -0.430 e. The average molecular weight is 524 g/mol. The molecule has 0 aromatic heterocycles. The molecular weight excluding hydrogens is 492 g/mol. The van der Waals surface area contributed by atoms with Crippen LogP contribution in [0.15, 0.2) is 60.7 Å². The molecule has 1 atom stereocenters.